The molecule has 0 spiro atoms. The van der Waals surface area contributed by atoms with Crippen molar-refractivity contribution in [3.05, 3.63) is 0 Å². The summed E-state index contributed by atoms with van der Waals surface area (Å²) in [5, 5.41) is 0. The van der Waals surface area contributed by atoms with E-state index in [9.17, 15) is 4.79 Å². The van der Waals surface area contributed by atoms with Gasteiger partial charge in [0, 0.05) is 26.2 Å². The third kappa shape index (κ3) is 2.23. The van der Waals surface area contributed by atoms with E-state index < -0.39 is 0 Å². The quantitative estimate of drug-likeness (QED) is 0.659. The Hall–Kier alpha value is -0.810. The van der Waals surface area contributed by atoms with E-state index in [-0.39, 0.29) is 12.1 Å². The van der Waals surface area contributed by atoms with Crippen LogP contribution in [0.4, 0.5) is 4.79 Å². The molecule has 0 radical (unpaired) electrons. The zero-order valence-corrected chi connectivity index (χ0v) is 9.02. The fourth-order valence-corrected chi connectivity index (χ4v) is 2.19. The average Bonchev–Trinajstić information content (AvgIpc) is 2.81. The molecule has 2 aliphatic rings. The summed E-state index contributed by atoms with van der Waals surface area (Å²) in [5.74, 6) is 0. The van der Waals surface area contributed by atoms with Crippen LogP contribution in [0.25, 0.3) is 0 Å². The van der Waals surface area contributed by atoms with Gasteiger partial charge in [-0.15, -0.1) is 0 Å². The van der Waals surface area contributed by atoms with Gasteiger partial charge in [0.05, 0.1) is 19.3 Å². The smallest absolute Gasteiger partial charge is 0.320 e. The predicted molar refractivity (Wildman–Crippen MR) is 56.6 cm³/mol. The number of hydrogen-bond donors (Lipinski definition) is 1. The van der Waals surface area contributed by atoms with Crippen molar-refractivity contribution in [3.63, 3.8) is 0 Å². The Kier molecular flexibility index (Phi) is 3.43. The Bertz CT molecular complexity index is 229. The minimum atomic E-state index is 0.0619. The highest BCUT2D eigenvalue weighted by atomic mass is 16.5. The molecule has 0 aromatic carbocycles. The minimum Gasteiger partial charge on any atom is -0.377 e. The number of hydrogen-bond acceptors (Lipinski definition) is 3. The van der Waals surface area contributed by atoms with Crippen LogP contribution >= 0.6 is 0 Å². The monoisotopic (exact) mass is 213 g/mol. The van der Waals surface area contributed by atoms with Gasteiger partial charge in [-0.2, -0.15) is 0 Å². The Labute approximate surface area is 90.1 Å². The molecule has 2 heterocycles. The fourth-order valence-electron chi connectivity index (χ4n) is 2.19. The van der Waals surface area contributed by atoms with Crippen molar-refractivity contribution >= 4 is 6.03 Å². The Balaban J connectivity index is 1.96. The normalized spacial score (nSPS) is 27.1. The van der Waals surface area contributed by atoms with Crippen LogP contribution in [0.1, 0.15) is 12.8 Å². The number of likely N-dealkylation sites (tertiary alicyclic amines) is 1. The third-order valence-corrected chi connectivity index (χ3v) is 3.12. The summed E-state index contributed by atoms with van der Waals surface area (Å²) in [7, 11) is 0. The van der Waals surface area contributed by atoms with Crippen LogP contribution < -0.4 is 5.73 Å². The van der Waals surface area contributed by atoms with Crippen LogP contribution in [0.15, 0.2) is 0 Å². The molecule has 0 saturated carbocycles. The number of amides is 2. The van der Waals surface area contributed by atoms with Gasteiger partial charge in [0.25, 0.3) is 0 Å². The summed E-state index contributed by atoms with van der Waals surface area (Å²) in [6, 6.07) is 0.207. The number of morpholine rings is 1. The van der Waals surface area contributed by atoms with Gasteiger partial charge < -0.3 is 20.3 Å². The van der Waals surface area contributed by atoms with Crippen molar-refractivity contribution in [2.45, 2.75) is 18.9 Å². The van der Waals surface area contributed by atoms with Crippen LogP contribution in [0.2, 0.25) is 0 Å². The second-order valence-electron chi connectivity index (χ2n) is 4.13. The molecule has 1 atom stereocenters. The van der Waals surface area contributed by atoms with E-state index in [1.807, 2.05) is 9.80 Å². The van der Waals surface area contributed by atoms with Gasteiger partial charge in [0.1, 0.15) is 0 Å². The van der Waals surface area contributed by atoms with E-state index in [4.69, 9.17) is 10.5 Å². The molecule has 2 N–H and O–H groups in total. The zero-order valence-electron chi connectivity index (χ0n) is 9.02. The number of carbonyl (C=O) groups is 1. The Morgan fingerprint density at radius 2 is 2.07 bits per heavy atom. The van der Waals surface area contributed by atoms with E-state index in [1.165, 1.54) is 0 Å². The van der Waals surface area contributed by atoms with E-state index in [2.05, 4.69) is 0 Å². The maximum absolute atomic E-state index is 12.1. The summed E-state index contributed by atoms with van der Waals surface area (Å²) in [6.07, 6.45) is 2.26. The van der Waals surface area contributed by atoms with Crippen molar-refractivity contribution in [2.24, 2.45) is 5.73 Å². The molecule has 86 valence electrons. The summed E-state index contributed by atoms with van der Waals surface area (Å²) in [5.41, 5.74) is 5.64. The van der Waals surface area contributed by atoms with E-state index in [0.717, 1.165) is 25.9 Å². The van der Waals surface area contributed by atoms with Crippen LogP contribution in [0, 0.1) is 0 Å². The molecule has 15 heavy (non-hydrogen) atoms. The van der Waals surface area contributed by atoms with Gasteiger partial charge in [0.2, 0.25) is 0 Å². The van der Waals surface area contributed by atoms with Gasteiger partial charge in [-0.25, -0.2) is 4.79 Å². The first-order valence-electron chi connectivity index (χ1n) is 5.66. The SMILES string of the molecule is NCC1COCCN1C(=O)N1CCCC1. The minimum absolute atomic E-state index is 0.0619. The second kappa shape index (κ2) is 4.81. The molecule has 2 rings (SSSR count). The molecule has 5 heteroatoms. The van der Waals surface area contributed by atoms with E-state index in [0.29, 0.717) is 26.3 Å². The molecule has 0 aliphatic carbocycles. The van der Waals surface area contributed by atoms with Crippen molar-refractivity contribution < 1.29 is 9.53 Å². The molecular formula is C10H19N3O2. The van der Waals surface area contributed by atoms with Crippen LogP contribution in [0.3, 0.4) is 0 Å². The first-order chi connectivity index (χ1) is 7.33. The average molecular weight is 213 g/mol. The van der Waals surface area contributed by atoms with Gasteiger partial charge in [-0.1, -0.05) is 0 Å². The first kappa shape index (κ1) is 10.7. The molecule has 2 aliphatic heterocycles. The molecule has 0 bridgehead atoms. The number of carbonyl (C=O) groups excluding carboxylic acids is 1. The van der Waals surface area contributed by atoms with Crippen LogP contribution in [0.5, 0.6) is 0 Å². The topological polar surface area (TPSA) is 58.8 Å². The maximum atomic E-state index is 12.1. The fraction of sp³-hybridized carbons (Fsp3) is 0.900. The summed E-state index contributed by atoms with van der Waals surface area (Å²) in [6.45, 7) is 4.17. The molecular weight excluding hydrogens is 194 g/mol. The Morgan fingerprint density at radius 3 is 2.73 bits per heavy atom. The largest absolute Gasteiger partial charge is 0.377 e. The standard InChI is InChI=1S/C10H19N3O2/c11-7-9-8-15-6-5-13(9)10(14)12-3-1-2-4-12/h9H,1-8,11H2. The second-order valence-corrected chi connectivity index (χ2v) is 4.13. The number of urea groups is 1. The van der Waals surface area contributed by atoms with Gasteiger partial charge in [-0.3, -0.25) is 0 Å². The molecule has 0 aromatic heterocycles. The molecule has 1 unspecified atom stereocenters. The van der Waals surface area contributed by atoms with Crippen molar-refractivity contribution in [1.82, 2.24) is 9.80 Å². The van der Waals surface area contributed by atoms with Crippen LogP contribution in [-0.2, 0) is 4.74 Å². The van der Waals surface area contributed by atoms with E-state index in [1.54, 1.807) is 0 Å². The zero-order chi connectivity index (χ0) is 10.7. The van der Waals surface area contributed by atoms with Crippen LogP contribution in [-0.4, -0.2) is 61.3 Å². The van der Waals surface area contributed by atoms with Gasteiger partial charge in [-0.05, 0) is 12.8 Å². The van der Waals surface area contributed by atoms with Crippen molar-refractivity contribution in [2.75, 3.05) is 39.4 Å². The molecule has 5 nitrogen and oxygen atoms in total. The molecule has 2 amide bonds. The summed E-state index contributed by atoms with van der Waals surface area (Å²) >= 11 is 0. The molecule has 2 saturated heterocycles. The maximum Gasteiger partial charge on any atom is 0.320 e. The lowest BCUT2D eigenvalue weighted by Crippen LogP contribution is -2.55. The summed E-state index contributed by atoms with van der Waals surface area (Å²) in [4.78, 5) is 15.9. The highest BCUT2D eigenvalue weighted by Gasteiger charge is 2.30. The van der Waals surface area contributed by atoms with Gasteiger partial charge in [0.15, 0.2) is 0 Å². The lowest BCUT2D eigenvalue weighted by molar-refractivity contribution is 0.00855. The number of nitrogens with two attached hydrogens (primary N) is 1. The summed E-state index contributed by atoms with van der Waals surface area (Å²) < 4.78 is 5.32. The first-order valence-corrected chi connectivity index (χ1v) is 5.66. The molecule has 2 fully saturated rings. The number of rotatable bonds is 1. The molecule has 0 aromatic rings. The van der Waals surface area contributed by atoms with Gasteiger partial charge >= 0.3 is 6.03 Å². The van der Waals surface area contributed by atoms with Crippen molar-refractivity contribution in [1.29, 1.82) is 0 Å². The highest BCUT2D eigenvalue weighted by molar-refractivity contribution is 5.75. The lowest BCUT2D eigenvalue weighted by Gasteiger charge is -2.37. The van der Waals surface area contributed by atoms with Crippen molar-refractivity contribution in [3.8, 4) is 0 Å². The van der Waals surface area contributed by atoms with E-state index >= 15 is 0 Å². The number of ether oxygens (including phenoxy) is 1. The highest BCUT2D eigenvalue weighted by Crippen LogP contribution is 2.14. The lowest BCUT2D eigenvalue weighted by atomic mass is 10.2. The number of nitrogens with zero attached hydrogens (tertiary/aromatic N) is 2. The predicted octanol–water partition coefficient (Wildman–Crippen LogP) is -0.138. The Morgan fingerprint density at radius 1 is 1.33 bits per heavy atom. The third-order valence-electron chi connectivity index (χ3n) is 3.12.